The van der Waals surface area contributed by atoms with Gasteiger partial charge in [0.25, 0.3) is 0 Å². The molecule has 0 aromatic carbocycles. The Morgan fingerprint density at radius 1 is 1.78 bits per heavy atom. The van der Waals surface area contributed by atoms with E-state index in [0.29, 0.717) is 0 Å². The average Bonchev–Trinajstić information content (AvgIpc) is 2.15. The normalized spacial score (nSPS) is 16.7. The second kappa shape index (κ2) is 3.00. The molecule has 1 aliphatic heterocycles. The Labute approximate surface area is 63.5 Å². The second-order valence-electron chi connectivity index (χ2n) is 1.67. The fourth-order valence-corrected chi connectivity index (χ4v) is 2.31. The molecule has 0 spiro atoms. The van der Waals surface area contributed by atoms with E-state index in [1.165, 1.54) is 0 Å². The molecule has 0 bridgehead atoms. The van der Waals surface area contributed by atoms with Crippen LogP contribution in [0.2, 0.25) is 0 Å². The monoisotopic (exact) mass is 237 g/mol. The molecule has 0 aromatic heterocycles. The molecule has 0 aromatic rings. The van der Waals surface area contributed by atoms with Crippen molar-refractivity contribution in [1.82, 2.24) is 0 Å². The third-order valence-corrected chi connectivity index (χ3v) is 2.84. The van der Waals surface area contributed by atoms with E-state index in [4.69, 9.17) is 5.11 Å². The van der Waals surface area contributed by atoms with Gasteiger partial charge in [0.15, 0.2) is 0 Å². The Hall–Kier alpha value is -0.320. The molecule has 0 amide bonds. The summed E-state index contributed by atoms with van der Waals surface area (Å²) in [7, 11) is 0. The number of carbonyl (C=O) groups is 1. The number of carboxylic acids is 1. The summed E-state index contributed by atoms with van der Waals surface area (Å²) in [6, 6.07) is 0. The summed E-state index contributed by atoms with van der Waals surface area (Å²) >= 11 is 0.0642. The predicted molar refractivity (Wildman–Crippen MR) is 29.5 cm³/mol. The van der Waals surface area contributed by atoms with Gasteiger partial charge in [0.2, 0.25) is 0 Å². The van der Waals surface area contributed by atoms with E-state index in [2.05, 4.69) is 4.08 Å². The Kier molecular flexibility index (Phi) is 2.27. The molecule has 1 aliphatic rings. The van der Waals surface area contributed by atoms with Crippen LogP contribution in [0.15, 0.2) is 19.8 Å². The fourth-order valence-electron chi connectivity index (χ4n) is 0.543. The van der Waals surface area contributed by atoms with Crippen LogP contribution in [0, 0.1) is 0 Å². The number of halogens is 1. The quantitative estimate of drug-likeness (QED) is 0.562. The van der Waals surface area contributed by atoms with Gasteiger partial charge in [-0.25, -0.2) is 0 Å². The minimum absolute atomic E-state index is 0.0642. The molecule has 0 radical (unpaired) electrons. The Morgan fingerprint density at radius 3 is 3.00 bits per heavy atom. The van der Waals surface area contributed by atoms with Crippen LogP contribution in [0.4, 0.5) is 0 Å². The molecule has 0 fully saturated rings. The van der Waals surface area contributed by atoms with Crippen molar-refractivity contribution in [3.05, 3.63) is 19.8 Å². The van der Waals surface area contributed by atoms with Crippen LogP contribution >= 0.6 is 0 Å². The van der Waals surface area contributed by atoms with Crippen molar-refractivity contribution in [2.75, 3.05) is 0 Å². The third-order valence-electron chi connectivity index (χ3n) is 0.908. The molecule has 1 rings (SSSR count). The van der Waals surface area contributed by atoms with Gasteiger partial charge in [0.05, 0.1) is 0 Å². The summed E-state index contributed by atoms with van der Waals surface area (Å²) < 4.78 is 4.10. The van der Waals surface area contributed by atoms with Crippen molar-refractivity contribution in [3.63, 3.8) is 0 Å². The van der Waals surface area contributed by atoms with Crippen molar-refractivity contribution >= 4 is 5.97 Å². The summed E-state index contributed by atoms with van der Waals surface area (Å²) in [5, 5.41) is 8.31. The van der Waals surface area contributed by atoms with Gasteiger partial charge in [0.1, 0.15) is 0 Å². The summed E-state index contributed by atoms with van der Waals surface area (Å²) in [6.45, 7) is 0. The number of hydrogen-bond acceptors (Lipinski definition) is 1. The van der Waals surface area contributed by atoms with Gasteiger partial charge < -0.3 is 0 Å². The van der Waals surface area contributed by atoms with E-state index in [-0.39, 0.29) is 27.6 Å². The topological polar surface area (TPSA) is 37.3 Å². The molecule has 1 N–H and O–H groups in total. The molecule has 2 nitrogen and oxygen atoms in total. The summed E-state index contributed by atoms with van der Waals surface area (Å²) in [5.41, 5.74) is 0.968. The SMILES string of the molecule is O=C(O)CC1=C[I-]C=C1. The number of rotatable bonds is 2. The molecule has 0 unspecified atom stereocenters. The molecular formula is C6H6IO2-. The Morgan fingerprint density at radius 2 is 2.56 bits per heavy atom. The zero-order valence-corrected chi connectivity index (χ0v) is 6.83. The molecule has 9 heavy (non-hydrogen) atoms. The molecule has 50 valence electrons. The van der Waals surface area contributed by atoms with Crippen molar-refractivity contribution in [2.45, 2.75) is 6.42 Å². The van der Waals surface area contributed by atoms with E-state index in [9.17, 15) is 4.79 Å². The van der Waals surface area contributed by atoms with E-state index >= 15 is 0 Å². The first-order chi connectivity index (χ1) is 4.29. The van der Waals surface area contributed by atoms with Crippen LogP contribution in [-0.2, 0) is 4.79 Å². The van der Waals surface area contributed by atoms with E-state index in [1.54, 1.807) is 0 Å². The maximum atomic E-state index is 10.1. The number of allylic oxidation sites excluding steroid dienone is 1. The minimum atomic E-state index is -0.739. The molecule has 0 atom stereocenters. The van der Waals surface area contributed by atoms with Gasteiger partial charge >= 0.3 is 63.3 Å². The van der Waals surface area contributed by atoms with Crippen LogP contribution < -0.4 is 21.2 Å². The fraction of sp³-hybridized carbons (Fsp3) is 0.167. The molecule has 3 heteroatoms. The summed E-state index contributed by atoms with van der Waals surface area (Å²) in [4.78, 5) is 10.1. The first kappa shape index (κ1) is 6.80. The van der Waals surface area contributed by atoms with E-state index in [0.717, 1.165) is 5.57 Å². The van der Waals surface area contributed by atoms with Crippen molar-refractivity contribution in [3.8, 4) is 0 Å². The zero-order chi connectivity index (χ0) is 6.69. The zero-order valence-electron chi connectivity index (χ0n) is 4.67. The molecule has 0 saturated carbocycles. The molecule has 0 aliphatic carbocycles. The van der Waals surface area contributed by atoms with Crippen LogP contribution in [0.1, 0.15) is 6.42 Å². The number of hydrogen-bond donors (Lipinski definition) is 1. The average molecular weight is 237 g/mol. The molecule has 1 heterocycles. The van der Waals surface area contributed by atoms with Crippen LogP contribution in [0.5, 0.6) is 0 Å². The maximum absolute atomic E-state index is 10.1. The van der Waals surface area contributed by atoms with E-state index in [1.807, 2.05) is 10.2 Å². The Balaban J connectivity index is 2.45. The van der Waals surface area contributed by atoms with Crippen molar-refractivity contribution in [1.29, 1.82) is 0 Å². The third kappa shape index (κ3) is 2.17. The van der Waals surface area contributed by atoms with Crippen molar-refractivity contribution in [2.24, 2.45) is 0 Å². The Bertz CT molecular complexity index is 181. The van der Waals surface area contributed by atoms with Crippen molar-refractivity contribution < 1.29 is 31.1 Å². The van der Waals surface area contributed by atoms with E-state index < -0.39 is 5.97 Å². The van der Waals surface area contributed by atoms with Gasteiger partial charge in [-0.05, 0) is 0 Å². The first-order valence-corrected chi connectivity index (χ1v) is 4.97. The van der Waals surface area contributed by atoms with Gasteiger partial charge in [-0.2, -0.15) is 0 Å². The molecule has 0 saturated heterocycles. The van der Waals surface area contributed by atoms with Crippen LogP contribution in [-0.4, -0.2) is 11.1 Å². The van der Waals surface area contributed by atoms with Gasteiger partial charge in [-0.3, -0.25) is 0 Å². The number of aliphatic carboxylic acids is 1. The van der Waals surface area contributed by atoms with Gasteiger partial charge in [-0.15, -0.1) is 0 Å². The van der Waals surface area contributed by atoms with Crippen LogP contribution in [0.3, 0.4) is 0 Å². The van der Waals surface area contributed by atoms with Gasteiger partial charge in [-0.1, -0.05) is 0 Å². The summed E-state index contributed by atoms with van der Waals surface area (Å²) in [5.74, 6) is -0.739. The second-order valence-corrected chi connectivity index (χ2v) is 3.73. The standard InChI is InChI=1S/C6H6IO2/c8-6(9)3-5-1-2-7-4-5/h1-2,4H,3H2,(H,8,9)/q-1. The summed E-state index contributed by atoms with van der Waals surface area (Å²) in [6.07, 6.45) is 2.09. The first-order valence-electron chi connectivity index (χ1n) is 2.48. The predicted octanol–water partition coefficient (Wildman–Crippen LogP) is -2.04. The number of carboxylic acid groups (broad SMARTS) is 1. The van der Waals surface area contributed by atoms with Gasteiger partial charge in [0, 0.05) is 0 Å². The van der Waals surface area contributed by atoms with Crippen LogP contribution in [0.25, 0.3) is 0 Å². The molecular weight excluding hydrogens is 231 g/mol.